The first-order chi connectivity index (χ1) is 14.2. The van der Waals surface area contributed by atoms with Gasteiger partial charge in [0.1, 0.15) is 11.1 Å². The Morgan fingerprint density at radius 2 is 2.07 bits per heavy atom. The quantitative estimate of drug-likeness (QED) is 0.626. The van der Waals surface area contributed by atoms with Crippen molar-refractivity contribution in [2.75, 3.05) is 23.7 Å². The van der Waals surface area contributed by atoms with Crippen LogP contribution < -0.4 is 16.4 Å². The number of halogens is 3. The molecular weight excluding hydrogens is 399 g/mol. The van der Waals surface area contributed by atoms with Crippen LogP contribution in [-0.2, 0) is 6.42 Å². The van der Waals surface area contributed by atoms with Gasteiger partial charge >= 0.3 is 6.18 Å². The number of hydrogen-bond acceptors (Lipinski definition) is 7. The Bertz CT molecular complexity index is 1080. The second-order valence-electron chi connectivity index (χ2n) is 7.44. The minimum Gasteiger partial charge on any atom is -0.438 e. The fraction of sp³-hybridized carbons (Fsp3) is 0.350. The average molecular weight is 419 g/mol. The predicted molar refractivity (Wildman–Crippen MR) is 105 cm³/mol. The van der Waals surface area contributed by atoms with Gasteiger partial charge in [-0.1, -0.05) is 0 Å². The van der Waals surface area contributed by atoms with Crippen LogP contribution in [0.1, 0.15) is 22.3 Å². The molecule has 4 heterocycles. The summed E-state index contributed by atoms with van der Waals surface area (Å²) in [6.45, 7) is 0.0386. The van der Waals surface area contributed by atoms with Gasteiger partial charge in [0.25, 0.3) is 0 Å². The maximum absolute atomic E-state index is 13.3. The number of piperidine rings is 1. The van der Waals surface area contributed by atoms with E-state index >= 15 is 0 Å². The molecule has 0 aromatic carbocycles. The fourth-order valence-electron chi connectivity index (χ4n) is 3.91. The van der Waals surface area contributed by atoms with Crippen molar-refractivity contribution in [3.8, 4) is 0 Å². The Morgan fingerprint density at radius 3 is 2.83 bits per heavy atom. The highest BCUT2D eigenvalue weighted by Crippen LogP contribution is 2.36. The summed E-state index contributed by atoms with van der Waals surface area (Å²) in [5.41, 5.74) is 13.7. The molecule has 10 heteroatoms. The molecule has 4 N–H and O–H groups in total. The Morgan fingerprint density at radius 1 is 1.27 bits per heavy atom. The number of ketones is 1. The van der Waals surface area contributed by atoms with E-state index in [1.165, 1.54) is 18.6 Å². The lowest BCUT2D eigenvalue weighted by Crippen LogP contribution is -2.51. The molecule has 158 valence electrons. The number of Topliss-reactive ketones (excluding diaryl/α,β-unsaturated/α-hetero) is 1. The van der Waals surface area contributed by atoms with E-state index in [9.17, 15) is 18.0 Å². The van der Waals surface area contributed by atoms with Gasteiger partial charge in [0.15, 0.2) is 11.4 Å². The van der Waals surface area contributed by atoms with Crippen LogP contribution in [0.5, 0.6) is 0 Å². The van der Waals surface area contributed by atoms with Crippen LogP contribution in [0.15, 0.2) is 41.2 Å². The highest BCUT2D eigenvalue weighted by atomic mass is 19.4. The maximum atomic E-state index is 13.3. The van der Waals surface area contributed by atoms with E-state index in [1.54, 1.807) is 23.1 Å². The Balaban J connectivity index is 1.64. The third-order valence-electron chi connectivity index (χ3n) is 5.27. The number of nitrogen functional groups attached to an aromatic ring is 1. The summed E-state index contributed by atoms with van der Waals surface area (Å²) < 4.78 is 45.3. The minimum atomic E-state index is -4.34. The highest BCUT2D eigenvalue weighted by molar-refractivity contribution is 6.10. The van der Waals surface area contributed by atoms with Gasteiger partial charge in [-0.3, -0.25) is 14.8 Å². The lowest BCUT2D eigenvalue weighted by Gasteiger charge is -2.39. The lowest BCUT2D eigenvalue weighted by atomic mass is 9.93. The van der Waals surface area contributed by atoms with E-state index in [-0.39, 0.29) is 43.2 Å². The van der Waals surface area contributed by atoms with E-state index in [4.69, 9.17) is 15.9 Å². The van der Waals surface area contributed by atoms with Gasteiger partial charge in [0, 0.05) is 55.4 Å². The number of anilines is 2. The molecule has 7 nitrogen and oxygen atoms in total. The number of nitrogens with two attached hydrogens (primary N) is 2. The third kappa shape index (κ3) is 3.82. The van der Waals surface area contributed by atoms with Gasteiger partial charge in [0.2, 0.25) is 5.88 Å². The second kappa shape index (κ2) is 7.60. The molecule has 30 heavy (non-hydrogen) atoms. The number of rotatable bonds is 4. The van der Waals surface area contributed by atoms with E-state index in [1.807, 2.05) is 0 Å². The molecule has 1 fully saturated rings. The molecular formula is C20H20F3N5O2. The van der Waals surface area contributed by atoms with Gasteiger partial charge < -0.3 is 20.8 Å². The molecule has 1 aliphatic heterocycles. The Kier molecular flexibility index (Phi) is 5.10. The highest BCUT2D eigenvalue weighted by Gasteiger charge is 2.44. The van der Waals surface area contributed by atoms with Crippen LogP contribution in [0.4, 0.5) is 24.7 Å². The topological polar surface area (TPSA) is 111 Å². The predicted octanol–water partition coefficient (Wildman–Crippen LogP) is 2.95. The smallest absolute Gasteiger partial charge is 0.393 e. The summed E-state index contributed by atoms with van der Waals surface area (Å²) in [4.78, 5) is 22.8. The summed E-state index contributed by atoms with van der Waals surface area (Å²) in [6, 6.07) is 4.29. The molecule has 4 rings (SSSR count). The zero-order chi connectivity index (χ0) is 21.5. The first-order valence-corrected chi connectivity index (χ1v) is 9.40. The molecule has 0 saturated carbocycles. The van der Waals surface area contributed by atoms with Crippen LogP contribution in [0.2, 0.25) is 0 Å². The van der Waals surface area contributed by atoms with E-state index in [0.29, 0.717) is 22.4 Å². The summed E-state index contributed by atoms with van der Waals surface area (Å²) in [7, 11) is 0. The zero-order valence-corrected chi connectivity index (χ0v) is 15.9. The average Bonchev–Trinajstić information content (AvgIpc) is 3.03. The largest absolute Gasteiger partial charge is 0.438 e. The van der Waals surface area contributed by atoms with Crippen LogP contribution in [0, 0.1) is 5.92 Å². The van der Waals surface area contributed by atoms with Crippen LogP contribution >= 0.6 is 0 Å². The van der Waals surface area contributed by atoms with Crippen molar-refractivity contribution >= 4 is 28.5 Å². The first kappa shape index (κ1) is 20.1. The van der Waals surface area contributed by atoms with Gasteiger partial charge in [-0.05, 0) is 24.6 Å². The van der Waals surface area contributed by atoms with Crippen molar-refractivity contribution in [3.05, 3.63) is 47.9 Å². The first-order valence-electron chi connectivity index (χ1n) is 9.40. The van der Waals surface area contributed by atoms with Crippen molar-refractivity contribution in [1.82, 2.24) is 9.97 Å². The van der Waals surface area contributed by atoms with Crippen LogP contribution in [0.3, 0.4) is 0 Å². The maximum Gasteiger partial charge on any atom is 0.393 e. The van der Waals surface area contributed by atoms with Crippen molar-refractivity contribution in [1.29, 1.82) is 0 Å². The normalized spacial score (nSPS) is 19.9. The molecule has 0 amide bonds. The van der Waals surface area contributed by atoms with Crippen molar-refractivity contribution in [2.45, 2.75) is 25.1 Å². The number of fused-ring (bicyclic) bond motifs is 1. The number of furan rings is 1. The Labute approximate surface area is 169 Å². The summed E-state index contributed by atoms with van der Waals surface area (Å²) in [5.74, 6) is -1.93. The molecule has 3 aromatic heterocycles. The van der Waals surface area contributed by atoms with Gasteiger partial charge in [-0.25, -0.2) is 0 Å². The van der Waals surface area contributed by atoms with Crippen molar-refractivity contribution in [2.24, 2.45) is 11.7 Å². The summed E-state index contributed by atoms with van der Waals surface area (Å²) >= 11 is 0. The van der Waals surface area contributed by atoms with Gasteiger partial charge in [0.05, 0.1) is 5.92 Å². The van der Waals surface area contributed by atoms with Crippen LogP contribution in [-0.4, -0.2) is 41.1 Å². The number of alkyl halides is 3. The molecule has 0 spiro atoms. The summed E-state index contributed by atoms with van der Waals surface area (Å²) in [5, 5.41) is 0. The van der Waals surface area contributed by atoms with Gasteiger partial charge in [-0.15, -0.1) is 0 Å². The second-order valence-corrected chi connectivity index (χ2v) is 7.44. The fourth-order valence-corrected chi connectivity index (χ4v) is 3.91. The molecule has 0 bridgehead atoms. The minimum absolute atomic E-state index is 0.0451. The van der Waals surface area contributed by atoms with E-state index < -0.39 is 18.1 Å². The van der Waals surface area contributed by atoms with Crippen LogP contribution in [0.25, 0.3) is 11.1 Å². The van der Waals surface area contributed by atoms with Gasteiger partial charge in [-0.2, -0.15) is 13.2 Å². The van der Waals surface area contributed by atoms with Crippen molar-refractivity contribution < 1.29 is 22.4 Å². The molecule has 0 radical (unpaired) electrons. The standard InChI is InChI=1S/C20H20F3N5O2/c21-20(22,23)12-7-13(24)10-28(9-12)14-3-5-26-8-11(14)6-15(29)17-18-16(30-19(17)25)2-1-4-27-18/h1-5,8,12-13H,6-7,9-10,24-25H2/t12-,13+/m1/s1. The number of pyridine rings is 2. The zero-order valence-electron chi connectivity index (χ0n) is 15.9. The molecule has 3 aromatic rings. The number of nitrogens with zero attached hydrogens (tertiary/aromatic N) is 3. The molecule has 0 aliphatic carbocycles. The number of aromatic nitrogens is 2. The Hall–Kier alpha value is -3.14. The van der Waals surface area contributed by atoms with E-state index in [2.05, 4.69) is 9.97 Å². The molecule has 2 atom stereocenters. The third-order valence-corrected chi connectivity index (χ3v) is 5.27. The van der Waals surface area contributed by atoms with Crippen molar-refractivity contribution in [3.63, 3.8) is 0 Å². The monoisotopic (exact) mass is 419 g/mol. The SMILES string of the molecule is Nc1oc2cccnc2c1C(=O)Cc1cnccc1N1C[C@@H](N)C[C@@H](C(F)(F)F)C1. The summed E-state index contributed by atoms with van der Waals surface area (Å²) in [6.07, 6.45) is -0.0916. The molecule has 1 saturated heterocycles. The molecule has 1 aliphatic rings. The molecule has 0 unspecified atom stereocenters. The number of carbonyl (C=O) groups excluding carboxylic acids is 1. The van der Waals surface area contributed by atoms with E-state index in [0.717, 1.165) is 0 Å². The lowest BCUT2D eigenvalue weighted by molar-refractivity contribution is -0.177. The number of hydrogen-bond donors (Lipinski definition) is 2. The number of carbonyl (C=O) groups is 1.